The van der Waals surface area contributed by atoms with Crippen LogP contribution >= 0.6 is 11.8 Å². The van der Waals surface area contributed by atoms with Crippen molar-refractivity contribution < 1.29 is 23.1 Å². The van der Waals surface area contributed by atoms with E-state index >= 15 is 0 Å². The number of hydrogen-bond donors (Lipinski definition) is 2. The Morgan fingerprint density at radius 3 is 2.66 bits per heavy atom. The SMILES string of the molecule is CSc1cccc(Nc2ncc(-c3cccc(/C=C/C(=O)O)c3)c(-n3ccc(C(F)(F)F)n3)n2)c1. The minimum absolute atomic E-state index is 0.124. The third kappa shape index (κ3) is 5.87. The molecule has 7 nitrogen and oxygen atoms in total. The Kier molecular flexibility index (Phi) is 6.87. The van der Waals surface area contributed by atoms with Crippen LogP contribution in [-0.4, -0.2) is 37.1 Å². The molecule has 0 spiro atoms. The van der Waals surface area contributed by atoms with Crippen LogP contribution in [0, 0.1) is 0 Å². The van der Waals surface area contributed by atoms with Crippen molar-refractivity contribution in [3.05, 3.63) is 84.3 Å². The first-order valence-electron chi connectivity index (χ1n) is 10.2. The minimum atomic E-state index is -4.61. The topological polar surface area (TPSA) is 92.9 Å². The molecule has 2 N–H and O–H groups in total. The van der Waals surface area contributed by atoms with Gasteiger partial charge in [-0.05, 0) is 53.8 Å². The van der Waals surface area contributed by atoms with Gasteiger partial charge in [0.25, 0.3) is 0 Å². The van der Waals surface area contributed by atoms with Crippen molar-refractivity contribution in [2.24, 2.45) is 0 Å². The maximum atomic E-state index is 13.2. The van der Waals surface area contributed by atoms with Gasteiger partial charge in [0.15, 0.2) is 11.5 Å². The molecule has 0 aliphatic rings. The van der Waals surface area contributed by atoms with Crippen LogP contribution < -0.4 is 5.32 Å². The number of anilines is 2. The summed E-state index contributed by atoms with van der Waals surface area (Å²) in [6.45, 7) is 0. The second-order valence-electron chi connectivity index (χ2n) is 7.23. The molecule has 0 aliphatic carbocycles. The molecule has 0 fully saturated rings. The standard InChI is InChI=1S/C24H18F3N5O2S/c1-35-18-7-3-6-17(13-18)29-23-28-14-19(16-5-2-4-15(12-16)8-9-21(33)34)22(30-23)32-11-10-20(31-32)24(25,26)27/h2-14H,1H3,(H,33,34)(H,28,29,30)/b9-8+. The van der Waals surface area contributed by atoms with Gasteiger partial charge in [0.1, 0.15) is 0 Å². The molecule has 2 aromatic carbocycles. The van der Waals surface area contributed by atoms with Gasteiger partial charge < -0.3 is 10.4 Å². The van der Waals surface area contributed by atoms with Crippen molar-refractivity contribution in [2.75, 3.05) is 11.6 Å². The summed E-state index contributed by atoms with van der Waals surface area (Å²) in [5, 5.41) is 15.6. The van der Waals surface area contributed by atoms with E-state index in [1.165, 1.54) is 18.5 Å². The zero-order valence-corrected chi connectivity index (χ0v) is 19.0. The van der Waals surface area contributed by atoms with E-state index in [4.69, 9.17) is 5.11 Å². The van der Waals surface area contributed by atoms with Gasteiger partial charge in [0, 0.05) is 34.6 Å². The second-order valence-corrected chi connectivity index (χ2v) is 8.11. The number of aromatic nitrogens is 4. The number of aliphatic carboxylic acids is 1. The summed E-state index contributed by atoms with van der Waals surface area (Å²) >= 11 is 1.56. The van der Waals surface area contributed by atoms with Crippen molar-refractivity contribution in [3.63, 3.8) is 0 Å². The Morgan fingerprint density at radius 1 is 1.14 bits per heavy atom. The number of carboxylic acids is 1. The van der Waals surface area contributed by atoms with Gasteiger partial charge in [0.2, 0.25) is 5.95 Å². The minimum Gasteiger partial charge on any atom is -0.478 e. The molecule has 0 radical (unpaired) electrons. The summed E-state index contributed by atoms with van der Waals surface area (Å²) in [5.41, 5.74) is 1.24. The van der Waals surface area contributed by atoms with Crippen LogP contribution in [0.1, 0.15) is 11.3 Å². The molecule has 35 heavy (non-hydrogen) atoms. The van der Waals surface area contributed by atoms with E-state index in [0.717, 1.165) is 21.7 Å². The molecule has 11 heteroatoms. The van der Waals surface area contributed by atoms with Crippen LogP contribution in [-0.2, 0) is 11.0 Å². The van der Waals surface area contributed by atoms with E-state index < -0.39 is 17.8 Å². The molecule has 0 saturated heterocycles. The van der Waals surface area contributed by atoms with Crippen LogP contribution in [0.25, 0.3) is 23.0 Å². The molecule has 2 aromatic heterocycles. The number of rotatable bonds is 7. The first-order valence-corrected chi connectivity index (χ1v) is 11.4. The first kappa shape index (κ1) is 24.0. The highest BCUT2D eigenvalue weighted by atomic mass is 32.2. The number of halogens is 3. The Labute approximate surface area is 202 Å². The number of benzene rings is 2. The van der Waals surface area contributed by atoms with E-state index in [1.54, 1.807) is 36.0 Å². The Balaban J connectivity index is 1.79. The third-order valence-corrected chi connectivity index (χ3v) is 5.53. The summed E-state index contributed by atoms with van der Waals surface area (Å²) in [7, 11) is 0. The summed E-state index contributed by atoms with van der Waals surface area (Å²) in [5.74, 6) is -0.803. The molecule has 0 atom stereocenters. The largest absolute Gasteiger partial charge is 0.478 e. The number of hydrogen-bond acceptors (Lipinski definition) is 6. The molecule has 0 saturated carbocycles. The lowest BCUT2D eigenvalue weighted by atomic mass is 10.0. The average molecular weight is 498 g/mol. The molecule has 178 valence electrons. The van der Waals surface area contributed by atoms with E-state index in [9.17, 15) is 18.0 Å². The lowest BCUT2D eigenvalue weighted by Crippen LogP contribution is -2.10. The molecule has 0 unspecified atom stereocenters. The number of carboxylic acid groups (broad SMARTS) is 1. The highest BCUT2D eigenvalue weighted by Gasteiger charge is 2.34. The van der Waals surface area contributed by atoms with Gasteiger partial charge >= 0.3 is 12.1 Å². The van der Waals surface area contributed by atoms with Gasteiger partial charge in [-0.25, -0.2) is 14.5 Å². The quantitative estimate of drug-likeness (QED) is 0.242. The Morgan fingerprint density at radius 2 is 1.94 bits per heavy atom. The molecule has 0 amide bonds. The molecular weight excluding hydrogens is 479 g/mol. The smallest absolute Gasteiger partial charge is 0.435 e. The normalized spacial score (nSPS) is 11.7. The van der Waals surface area contributed by atoms with E-state index in [-0.39, 0.29) is 11.8 Å². The predicted molar refractivity (Wildman–Crippen MR) is 128 cm³/mol. The number of alkyl halides is 3. The number of carbonyl (C=O) groups is 1. The molecule has 2 heterocycles. The maximum absolute atomic E-state index is 13.2. The fourth-order valence-electron chi connectivity index (χ4n) is 3.21. The van der Waals surface area contributed by atoms with Crippen LogP contribution in [0.5, 0.6) is 0 Å². The van der Waals surface area contributed by atoms with Gasteiger partial charge in [-0.2, -0.15) is 23.3 Å². The van der Waals surface area contributed by atoms with Gasteiger partial charge in [0.05, 0.1) is 0 Å². The molecular formula is C24H18F3N5O2S. The predicted octanol–water partition coefficient (Wildman–Crippen LogP) is 5.91. The van der Waals surface area contributed by atoms with Crippen LogP contribution in [0.15, 0.2) is 78.0 Å². The summed E-state index contributed by atoms with van der Waals surface area (Å²) in [6.07, 6.45) is 2.41. The molecule has 4 rings (SSSR count). The van der Waals surface area contributed by atoms with E-state index in [0.29, 0.717) is 22.4 Å². The van der Waals surface area contributed by atoms with Crippen molar-refractivity contribution in [1.29, 1.82) is 0 Å². The summed E-state index contributed by atoms with van der Waals surface area (Å²) in [6, 6.07) is 15.2. The average Bonchev–Trinajstić information content (AvgIpc) is 3.34. The highest BCUT2D eigenvalue weighted by molar-refractivity contribution is 7.98. The van der Waals surface area contributed by atoms with Gasteiger partial charge in [-0.15, -0.1) is 11.8 Å². The zero-order valence-electron chi connectivity index (χ0n) is 18.2. The maximum Gasteiger partial charge on any atom is 0.435 e. The van der Waals surface area contributed by atoms with Crippen LogP contribution in [0.2, 0.25) is 0 Å². The number of nitrogens with zero attached hydrogens (tertiary/aromatic N) is 4. The fourth-order valence-corrected chi connectivity index (χ4v) is 3.67. The molecule has 0 aliphatic heterocycles. The van der Waals surface area contributed by atoms with E-state index in [2.05, 4.69) is 20.4 Å². The summed E-state index contributed by atoms with van der Waals surface area (Å²) < 4.78 is 40.7. The van der Waals surface area contributed by atoms with Crippen molar-refractivity contribution in [3.8, 4) is 16.9 Å². The Bertz CT molecular complexity index is 1400. The van der Waals surface area contributed by atoms with Crippen LogP contribution in [0.3, 0.4) is 0 Å². The monoisotopic (exact) mass is 497 g/mol. The van der Waals surface area contributed by atoms with Crippen molar-refractivity contribution in [2.45, 2.75) is 11.1 Å². The van der Waals surface area contributed by atoms with Gasteiger partial charge in [-0.1, -0.05) is 24.3 Å². The van der Waals surface area contributed by atoms with E-state index in [1.807, 2.05) is 30.5 Å². The highest BCUT2D eigenvalue weighted by Crippen LogP contribution is 2.31. The third-order valence-electron chi connectivity index (χ3n) is 4.81. The Hall–Kier alpha value is -4.12. The summed E-state index contributed by atoms with van der Waals surface area (Å²) in [4.78, 5) is 20.7. The number of nitrogens with one attached hydrogen (secondary N) is 1. The lowest BCUT2D eigenvalue weighted by molar-refractivity contribution is -0.141. The lowest BCUT2D eigenvalue weighted by Gasteiger charge is -2.13. The van der Waals surface area contributed by atoms with Crippen molar-refractivity contribution in [1.82, 2.24) is 19.7 Å². The first-order chi connectivity index (χ1) is 16.7. The van der Waals surface area contributed by atoms with Gasteiger partial charge in [-0.3, -0.25) is 0 Å². The van der Waals surface area contributed by atoms with Crippen LogP contribution in [0.4, 0.5) is 24.8 Å². The second kappa shape index (κ2) is 10.0. The fraction of sp³-hybridized carbons (Fsp3) is 0.0833. The van der Waals surface area contributed by atoms with Crippen molar-refractivity contribution >= 4 is 35.4 Å². The zero-order chi connectivity index (χ0) is 25.0. The molecule has 4 aromatic rings. The molecule has 0 bridgehead atoms. The number of thioether (sulfide) groups is 1.